The maximum atomic E-state index is 13.5. The van der Waals surface area contributed by atoms with Crippen LogP contribution in [0, 0.1) is 6.92 Å². The number of aromatic nitrogens is 4. The van der Waals surface area contributed by atoms with Crippen LogP contribution in [-0.4, -0.2) is 59.2 Å². The van der Waals surface area contributed by atoms with E-state index in [2.05, 4.69) is 16.0 Å². The number of alkyl halides is 3. The number of benzene rings is 1. The number of halogens is 3. The first-order valence-electron chi connectivity index (χ1n) is 12.9. The van der Waals surface area contributed by atoms with E-state index in [9.17, 15) is 13.2 Å². The minimum atomic E-state index is -4.45. The van der Waals surface area contributed by atoms with Gasteiger partial charge in [-0.25, -0.2) is 4.98 Å². The van der Waals surface area contributed by atoms with Crippen molar-refractivity contribution >= 4 is 17.7 Å². The van der Waals surface area contributed by atoms with E-state index in [1.54, 1.807) is 4.90 Å². The molecule has 2 fully saturated rings. The van der Waals surface area contributed by atoms with Gasteiger partial charge in [-0.2, -0.15) is 28.1 Å². The number of nitrogens with zero attached hydrogens (tertiary/aromatic N) is 7. The highest BCUT2D eigenvalue weighted by Crippen LogP contribution is 2.35. The Morgan fingerprint density at radius 2 is 1.62 bits per heavy atom. The third kappa shape index (κ3) is 5.62. The normalized spacial score (nSPS) is 17.2. The predicted molar refractivity (Wildman–Crippen MR) is 139 cm³/mol. The van der Waals surface area contributed by atoms with Gasteiger partial charge < -0.3 is 14.7 Å². The third-order valence-corrected chi connectivity index (χ3v) is 7.28. The molecule has 0 bridgehead atoms. The van der Waals surface area contributed by atoms with Gasteiger partial charge in [-0.1, -0.05) is 43.0 Å². The fourth-order valence-electron chi connectivity index (χ4n) is 5.19. The highest BCUT2D eigenvalue weighted by molar-refractivity contribution is 5.60. The van der Waals surface area contributed by atoms with Crippen LogP contribution in [0.1, 0.15) is 43.2 Å². The van der Waals surface area contributed by atoms with Crippen LogP contribution in [0.3, 0.4) is 0 Å². The van der Waals surface area contributed by atoms with E-state index >= 15 is 0 Å². The molecule has 1 aliphatic heterocycles. The second-order valence-electron chi connectivity index (χ2n) is 9.88. The van der Waals surface area contributed by atoms with E-state index in [4.69, 9.17) is 15.0 Å². The van der Waals surface area contributed by atoms with Crippen LogP contribution in [0.2, 0.25) is 0 Å². The third-order valence-electron chi connectivity index (χ3n) is 7.28. The zero-order valence-corrected chi connectivity index (χ0v) is 21.2. The molecule has 1 aliphatic carbocycles. The van der Waals surface area contributed by atoms with Crippen molar-refractivity contribution in [1.29, 1.82) is 0 Å². The van der Waals surface area contributed by atoms with Crippen LogP contribution < -0.4 is 14.7 Å². The fraction of sp³-hybridized carbons (Fsp3) is 0.481. The molecule has 1 aromatic carbocycles. The zero-order valence-electron chi connectivity index (χ0n) is 21.2. The molecule has 37 heavy (non-hydrogen) atoms. The Labute approximate surface area is 215 Å². The summed E-state index contributed by atoms with van der Waals surface area (Å²) in [5.41, 5.74) is 1.33. The number of hydrogen-bond acceptors (Lipinski definition) is 7. The molecule has 2 aromatic heterocycles. The van der Waals surface area contributed by atoms with Gasteiger partial charge in [0.1, 0.15) is 5.82 Å². The first-order valence-corrected chi connectivity index (χ1v) is 12.9. The monoisotopic (exact) mass is 511 g/mol. The van der Waals surface area contributed by atoms with Gasteiger partial charge in [-0.15, -0.1) is 0 Å². The molecule has 0 radical (unpaired) electrons. The van der Waals surface area contributed by atoms with E-state index < -0.39 is 11.7 Å². The number of anilines is 3. The Kier molecular flexibility index (Phi) is 7.17. The topological polar surface area (TPSA) is 61.3 Å². The van der Waals surface area contributed by atoms with E-state index in [0.29, 0.717) is 49.9 Å². The molecule has 0 unspecified atom stereocenters. The van der Waals surface area contributed by atoms with Crippen LogP contribution in [0.4, 0.5) is 30.9 Å². The molecule has 196 valence electrons. The molecule has 0 N–H and O–H groups in total. The van der Waals surface area contributed by atoms with E-state index in [1.165, 1.54) is 31.5 Å². The summed E-state index contributed by atoms with van der Waals surface area (Å²) in [4.78, 5) is 24.5. The van der Waals surface area contributed by atoms with Crippen molar-refractivity contribution in [3.8, 4) is 11.4 Å². The Hall–Kier alpha value is -3.43. The van der Waals surface area contributed by atoms with E-state index in [1.807, 2.05) is 37.1 Å². The quantitative estimate of drug-likeness (QED) is 0.457. The van der Waals surface area contributed by atoms with Crippen LogP contribution >= 0.6 is 0 Å². The van der Waals surface area contributed by atoms with E-state index in [-0.39, 0.29) is 5.82 Å². The SMILES string of the molecule is Cc1cccc(-c2nc(N3CCN(c4ncccc4C(F)(F)F)CC3)nc(N(C)C3CCCCC3)n2)c1. The van der Waals surface area contributed by atoms with Gasteiger partial charge >= 0.3 is 6.18 Å². The van der Waals surface area contributed by atoms with Crippen molar-refractivity contribution < 1.29 is 13.2 Å². The van der Waals surface area contributed by atoms with Gasteiger partial charge in [0.2, 0.25) is 11.9 Å². The first-order chi connectivity index (χ1) is 17.8. The minimum Gasteiger partial charge on any atom is -0.353 e. The average Bonchev–Trinajstić information content (AvgIpc) is 2.92. The lowest BCUT2D eigenvalue weighted by molar-refractivity contribution is -0.137. The largest absolute Gasteiger partial charge is 0.419 e. The standard InChI is InChI=1S/C27H32F3N7/c1-19-8-6-9-20(18-19)23-32-25(35(2)21-10-4-3-5-11-21)34-26(33-23)37-16-14-36(15-17-37)24-22(27(28,29)30)12-7-13-31-24/h6-9,12-13,18,21H,3-5,10-11,14-17H2,1-2H3. The summed E-state index contributed by atoms with van der Waals surface area (Å²) in [6.07, 6.45) is 2.85. The van der Waals surface area contributed by atoms with Gasteiger partial charge in [0.15, 0.2) is 5.82 Å². The Balaban J connectivity index is 1.42. The van der Waals surface area contributed by atoms with Crippen LogP contribution in [-0.2, 0) is 6.18 Å². The van der Waals surface area contributed by atoms with Crippen molar-refractivity contribution in [2.24, 2.45) is 0 Å². The minimum absolute atomic E-state index is 0.0246. The predicted octanol–water partition coefficient (Wildman–Crippen LogP) is 5.36. The molecular weight excluding hydrogens is 479 g/mol. The van der Waals surface area contributed by atoms with Gasteiger partial charge in [0, 0.05) is 51.0 Å². The summed E-state index contributed by atoms with van der Waals surface area (Å²) >= 11 is 0. The van der Waals surface area contributed by atoms with Crippen molar-refractivity contribution in [3.05, 3.63) is 53.7 Å². The second kappa shape index (κ2) is 10.5. The lowest BCUT2D eigenvalue weighted by Crippen LogP contribution is -2.48. The summed E-state index contributed by atoms with van der Waals surface area (Å²) in [5, 5.41) is 0. The lowest BCUT2D eigenvalue weighted by Gasteiger charge is -2.37. The van der Waals surface area contributed by atoms with Gasteiger partial charge in [-0.3, -0.25) is 0 Å². The van der Waals surface area contributed by atoms with Crippen molar-refractivity contribution in [2.75, 3.05) is 47.9 Å². The summed E-state index contributed by atoms with van der Waals surface area (Å²) in [7, 11) is 2.05. The number of hydrogen-bond donors (Lipinski definition) is 0. The Morgan fingerprint density at radius 1 is 0.892 bits per heavy atom. The van der Waals surface area contributed by atoms with Crippen LogP contribution in [0.5, 0.6) is 0 Å². The van der Waals surface area contributed by atoms with Crippen LogP contribution in [0.25, 0.3) is 11.4 Å². The molecule has 0 atom stereocenters. The smallest absolute Gasteiger partial charge is 0.353 e. The number of aryl methyl sites for hydroxylation is 1. The van der Waals surface area contributed by atoms with Crippen molar-refractivity contribution in [1.82, 2.24) is 19.9 Å². The summed E-state index contributed by atoms with van der Waals surface area (Å²) in [6, 6.07) is 10.9. The van der Waals surface area contributed by atoms with Crippen molar-refractivity contribution in [3.63, 3.8) is 0 Å². The maximum Gasteiger partial charge on any atom is 0.419 e. The molecule has 7 nitrogen and oxygen atoms in total. The number of pyridine rings is 1. The summed E-state index contributed by atoms with van der Waals surface area (Å²) < 4.78 is 40.6. The number of rotatable bonds is 5. The van der Waals surface area contributed by atoms with Crippen molar-refractivity contribution in [2.45, 2.75) is 51.2 Å². The maximum absolute atomic E-state index is 13.5. The Bertz CT molecular complexity index is 1220. The first kappa shape index (κ1) is 25.2. The molecule has 3 aromatic rings. The lowest BCUT2D eigenvalue weighted by atomic mass is 9.95. The average molecular weight is 512 g/mol. The summed E-state index contributed by atoms with van der Waals surface area (Å²) in [6.45, 7) is 3.78. The second-order valence-corrected chi connectivity index (χ2v) is 9.88. The molecule has 1 saturated heterocycles. The molecule has 0 spiro atoms. The highest BCUT2D eigenvalue weighted by atomic mass is 19.4. The van der Waals surface area contributed by atoms with Gasteiger partial charge in [0.25, 0.3) is 0 Å². The molecular formula is C27H32F3N7. The molecule has 3 heterocycles. The molecule has 2 aliphatic rings. The van der Waals surface area contributed by atoms with Crippen LogP contribution in [0.15, 0.2) is 42.6 Å². The van der Waals surface area contributed by atoms with E-state index in [0.717, 1.165) is 30.0 Å². The molecule has 1 saturated carbocycles. The summed E-state index contributed by atoms with van der Waals surface area (Å²) in [5.74, 6) is 1.78. The molecule has 5 rings (SSSR count). The highest BCUT2D eigenvalue weighted by Gasteiger charge is 2.36. The molecule has 0 amide bonds. The number of piperazine rings is 1. The van der Waals surface area contributed by atoms with Gasteiger partial charge in [0.05, 0.1) is 5.56 Å². The fourth-order valence-corrected chi connectivity index (χ4v) is 5.19. The Morgan fingerprint density at radius 3 is 2.32 bits per heavy atom. The zero-order chi connectivity index (χ0) is 26.0. The molecule has 10 heteroatoms. The van der Waals surface area contributed by atoms with Gasteiger partial charge in [-0.05, 0) is 38.0 Å².